The summed E-state index contributed by atoms with van der Waals surface area (Å²) < 4.78 is 0. The number of carbonyl (C=O) groups is 1. The van der Waals surface area contributed by atoms with Gasteiger partial charge in [0.25, 0.3) is 0 Å². The van der Waals surface area contributed by atoms with Gasteiger partial charge in [-0.05, 0) is 58.7 Å². The highest BCUT2D eigenvalue weighted by Gasteiger charge is 2.20. The Kier molecular flexibility index (Phi) is 4.79. The molecule has 2 aromatic carbocycles. The van der Waals surface area contributed by atoms with Crippen LogP contribution in [0.25, 0.3) is 11.1 Å². The van der Waals surface area contributed by atoms with Crippen LogP contribution in [0.3, 0.4) is 0 Å². The highest BCUT2D eigenvalue weighted by atomic mass is 16.4. The van der Waals surface area contributed by atoms with E-state index >= 15 is 0 Å². The van der Waals surface area contributed by atoms with Gasteiger partial charge in [-0.15, -0.1) is 0 Å². The summed E-state index contributed by atoms with van der Waals surface area (Å²) in [5.41, 5.74) is 4.95. The molecule has 0 aromatic heterocycles. The first-order valence-electron chi connectivity index (χ1n) is 7.84. The molecular formula is C20H24O3. The zero-order valence-corrected chi connectivity index (χ0v) is 14.2. The molecule has 0 atom stereocenters. The fourth-order valence-corrected chi connectivity index (χ4v) is 2.88. The number of hydrogen-bond acceptors (Lipinski definition) is 2. The summed E-state index contributed by atoms with van der Waals surface area (Å²) >= 11 is 0. The zero-order chi connectivity index (χ0) is 17.2. The van der Waals surface area contributed by atoms with Crippen LogP contribution in [0.2, 0.25) is 0 Å². The lowest BCUT2D eigenvalue weighted by atomic mass is 9.83. The summed E-state index contributed by atoms with van der Waals surface area (Å²) in [5.74, 6) is -0.500. The van der Waals surface area contributed by atoms with Gasteiger partial charge in [0.05, 0.1) is 0 Å². The van der Waals surface area contributed by atoms with Crippen molar-refractivity contribution in [1.29, 1.82) is 0 Å². The van der Waals surface area contributed by atoms with E-state index in [0.29, 0.717) is 12.2 Å². The molecule has 0 fully saturated rings. The average molecular weight is 312 g/mol. The Hall–Kier alpha value is -2.29. The summed E-state index contributed by atoms with van der Waals surface area (Å²) in [4.78, 5) is 10.9. The molecule has 3 nitrogen and oxygen atoms in total. The number of benzene rings is 2. The van der Waals surface area contributed by atoms with E-state index in [1.54, 1.807) is 6.07 Å². The Morgan fingerprint density at radius 2 is 1.83 bits per heavy atom. The Morgan fingerprint density at radius 1 is 1.13 bits per heavy atom. The fourth-order valence-electron chi connectivity index (χ4n) is 2.88. The highest BCUT2D eigenvalue weighted by molar-refractivity contribution is 5.74. The third-order valence-corrected chi connectivity index (χ3v) is 4.06. The lowest BCUT2D eigenvalue weighted by Crippen LogP contribution is -2.11. The first-order valence-corrected chi connectivity index (χ1v) is 7.84. The smallest absolute Gasteiger partial charge is 0.303 e. The van der Waals surface area contributed by atoms with Crippen molar-refractivity contribution in [3.05, 3.63) is 53.1 Å². The molecule has 0 bridgehead atoms. The topological polar surface area (TPSA) is 57.5 Å². The number of aryl methyl sites for hydroxylation is 2. The van der Waals surface area contributed by atoms with Crippen LogP contribution in [0.5, 0.6) is 5.75 Å². The number of phenolic OH excluding ortho intramolecular Hbond substituents is 1. The van der Waals surface area contributed by atoms with Crippen molar-refractivity contribution in [2.24, 2.45) is 0 Å². The molecule has 2 aromatic rings. The maximum Gasteiger partial charge on any atom is 0.303 e. The van der Waals surface area contributed by atoms with Crippen LogP contribution in [-0.4, -0.2) is 16.2 Å². The van der Waals surface area contributed by atoms with Crippen LogP contribution in [0.1, 0.15) is 43.9 Å². The Labute approximate surface area is 137 Å². The molecule has 3 heteroatoms. The van der Waals surface area contributed by atoms with Gasteiger partial charge in [-0.25, -0.2) is 0 Å². The number of carboxylic acid groups (broad SMARTS) is 1. The number of carboxylic acids is 1. The largest absolute Gasteiger partial charge is 0.508 e. The maximum atomic E-state index is 10.9. The molecular weight excluding hydrogens is 288 g/mol. The van der Waals surface area contributed by atoms with Gasteiger partial charge in [0, 0.05) is 6.42 Å². The van der Waals surface area contributed by atoms with Crippen molar-refractivity contribution in [2.75, 3.05) is 0 Å². The normalized spacial score (nSPS) is 11.5. The Balaban J connectivity index is 2.56. The minimum Gasteiger partial charge on any atom is -0.508 e. The fraction of sp³-hybridized carbons (Fsp3) is 0.350. The third kappa shape index (κ3) is 3.92. The van der Waals surface area contributed by atoms with E-state index in [1.165, 1.54) is 0 Å². The quantitative estimate of drug-likeness (QED) is 0.861. The summed E-state index contributed by atoms with van der Waals surface area (Å²) in [5, 5.41) is 19.1. The Bertz CT molecular complexity index is 724. The van der Waals surface area contributed by atoms with Gasteiger partial charge in [0.2, 0.25) is 0 Å². The molecule has 0 saturated carbocycles. The van der Waals surface area contributed by atoms with Crippen LogP contribution in [0, 0.1) is 6.92 Å². The molecule has 0 amide bonds. The van der Waals surface area contributed by atoms with Gasteiger partial charge in [0.15, 0.2) is 0 Å². The predicted molar refractivity (Wildman–Crippen MR) is 92.9 cm³/mol. The Morgan fingerprint density at radius 3 is 2.43 bits per heavy atom. The van der Waals surface area contributed by atoms with Crippen LogP contribution >= 0.6 is 0 Å². The first-order chi connectivity index (χ1) is 10.7. The SMILES string of the molecule is Cc1cccc(CCC(=O)O)c1-c1ccc(O)c(C(C)(C)C)c1. The minimum atomic E-state index is -0.793. The second-order valence-corrected chi connectivity index (χ2v) is 6.98. The molecule has 0 saturated heterocycles. The number of hydrogen-bond donors (Lipinski definition) is 2. The van der Waals surface area contributed by atoms with Gasteiger partial charge in [-0.3, -0.25) is 4.79 Å². The summed E-state index contributed by atoms with van der Waals surface area (Å²) in [6.07, 6.45) is 0.610. The molecule has 2 rings (SSSR count). The number of rotatable bonds is 4. The van der Waals surface area contributed by atoms with Crippen LogP contribution in [0.4, 0.5) is 0 Å². The maximum absolute atomic E-state index is 10.9. The predicted octanol–water partition coefficient (Wildman–Crippen LogP) is 4.68. The van der Waals surface area contributed by atoms with Crippen molar-refractivity contribution in [3.63, 3.8) is 0 Å². The lowest BCUT2D eigenvalue weighted by Gasteiger charge is -2.22. The van der Waals surface area contributed by atoms with E-state index in [1.807, 2.05) is 37.3 Å². The van der Waals surface area contributed by atoms with Crippen molar-refractivity contribution < 1.29 is 15.0 Å². The molecule has 0 aliphatic rings. The third-order valence-electron chi connectivity index (χ3n) is 4.06. The van der Waals surface area contributed by atoms with E-state index in [-0.39, 0.29) is 11.8 Å². The van der Waals surface area contributed by atoms with Crippen LogP contribution < -0.4 is 0 Å². The summed E-state index contributed by atoms with van der Waals surface area (Å²) in [7, 11) is 0. The molecule has 0 heterocycles. The molecule has 0 aliphatic carbocycles. The molecule has 0 aliphatic heterocycles. The van der Waals surface area contributed by atoms with Gasteiger partial charge < -0.3 is 10.2 Å². The first kappa shape index (κ1) is 17.1. The van der Waals surface area contributed by atoms with E-state index < -0.39 is 5.97 Å². The van der Waals surface area contributed by atoms with Crippen molar-refractivity contribution in [3.8, 4) is 16.9 Å². The number of aromatic hydroxyl groups is 1. The van der Waals surface area contributed by atoms with Gasteiger partial charge in [-0.2, -0.15) is 0 Å². The van der Waals surface area contributed by atoms with E-state index in [2.05, 4.69) is 20.8 Å². The molecule has 23 heavy (non-hydrogen) atoms. The second-order valence-electron chi connectivity index (χ2n) is 6.98. The van der Waals surface area contributed by atoms with E-state index in [0.717, 1.165) is 27.8 Å². The standard InChI is InChI=1S/C20H24O3/c1-13-6-5-7-14(9-11-18(22)23)19(13)15-8-10-17(21)16(12-15)20(2,3)4/h5-8,10,12,21H,9,11H2,1-4H3,(H,22,23). The average Bonchev–Trinajstić information content (AvgIpc) is 2.45. The number of aliphatic carboxylic acids is 1. The van der Waals surface area contributed by atoms with Crippen molar-refractivity contribution in [2.45, 2.75) is 46.0 Å². The molecule has 0 unspecified atom stereocenters. The highest BCUT2D eigenvalue weighted by Crippen LogP contribution is 2.36. The summed E-state index contributed by atoms with van der Waals surface area (Å²) in [6.45, 7) is 8.22. The van der Waals surface area contributed by atoms with Gasteiger partial charge in [-0.1, -0.05) is 45.0 Å². The van der Waals surface area contributed by atoms with E-state index in [4.69, 9.17) is 5.11 Å². The minimum absolute atomic E-state index is 0.112. The molecule has 0 spiro atoms. The monoisotopic (exact) mass is 312 g/mol. The molecule has 122 valence electrons. The van der Waals surface area contributed by atoms with Crippen LogP contribution in [0.15, 0.2) is 36.4 Å². The van der Waals surface area contributed by atoms with Crippen molar-refractivity contribution >= 4 is 5.97 Å². The molecule has 2 N–H and O–H groups in total. The second kappa shape index (κ2) is 6.45. The van der Waals surface area contributed by atoms with Crippen molar-refractivity contribution in [1.82, 2.24) is 0 Å². The zero-order valence-electron chi connectivity index (χ0n) is 14.2. The van der Waals surface area contributed by atoms with Gasteiger partial charge >= 0.3 is 5.97 Å². The summed E-state index contributed by atoms with van der Waals surface area (Å²) in [6, 6.07) is 11.6. The lowest BCUT2D eigenvalue weighted by molar-refractivity contribution is -0.136. The molecule has 0 radical (unpaired) electrons. The van der Waals surface area contributed by atoms with E-state index in [9.17, 15) is 9.90 Å². The van der Waals surface area contributed by atoms with Gasteiger partial charge in [0.1, 0.15) is 5.75 Å². The number of phenols is 1. The van der Waals surface area contributed by atoms with Crippen LogP contribution in [-0.2, 0) is 16.6 Å².